The van der Waals surface area contributed by atoms with E-state index in [1.807, 2.05) is 31.2 Å². The number of hydrogen-bond acceptors (Lipinski definition) is 1. The summed E-state index contributed by atoms with van der Waals surface area (Å²) in [5.74, 6) is -0.523. The molecule has 2 aromatic rings. The van der Waals surface area contributed by atoms with Crippen molar-refractivity contribution in [3.05, 3.63) is 69.0 Å². The maximum Gasteiger partial charge on any atom is 0.142 e. The van der Waals surface area contributed by atoms with Crippen LogP contribution in [0.5, 0.6) is 0 Å². The second-order valence-corrected chi connectivity index (χ2v) is 5.63. The minimum atomic E-state index is -0.880. The molecule has 0 radical (unpaired) electrons. The molecule has 4 heteroatoms. The van der Waals surface area contributed by atoms with Crippen LogP contribution < -0.4 is 5.73 Å². The van der Waals surface area contributed by atoms with Gasteiger partial charge in [0.25, 0.3) is 0 Å². The number of rotatable bonds is 2. The Morgan fingerprint density at radius 1 is 1.11 bits per heavy atom. The highest BCUT2D eigenvalue weighted by atomic mass is 35.5. The van der Waals surface area contributed by atoms with E-state index in [9.17, 15) is 4.39 Å². The van der Waals surface area contributed by atoms with E-state index in [4.69, 9.17) is 28.9 Å². The van der Waals surface area contributed by atoms with Crippen molar-refractivity contribution in [1.29, 1.82) is 0 Å². The first kappa shape index (κ1) is 14.3. The zero-order valence-corrected chi connectivity index (χ0v) is 12.2. The molecule has 0 aliphatic rings. The molecule has 2 rings (SSSR count). The fraction of sp³-hybridized carbons (Fsp3) is 0.200. The molecular weight excluding hydrogens is 284 g/mol. The normalized spacial score (nSPS) is 14.2. The van der Waals surface area contributed by atoms with Gasteiger partial charge in [0, 0.05) is 5.02 Å². The van der Waals surface area contributed by atoms with E-state index in [0.29, 0.717) is 10.6 Å². The number of nitrogens with two attached hydrogens (primary N) is 1. The number of aryl methyl sites for hydroxylation is 1. The molecule has 0 spiro atoms. The molecule has 0 heterocycles. The molecule has 0 aliphatic carbocycles. The Labute approximate surface area is 122 Å². The molecule has 0 fully saturated rings. The Balaban J connectivity index is 2.59. The van der Waals surface area contributed by atoms with E-state index in [1.165, 1.54) is 12.1 Å². The highest BCUT2D eigenvalue weighted by molar-refractivity contribution is 6.35. The van der Waals surface area contributed by atoms with Crippen molar-refractivity contribution < 1.29 is 4.39 Å². The number of hydrogen-bond donors (Lipinski definition) is 1. The van der Waals surface area contributed by atoms with Gasteiger partial charge in [0.1, 0.15) is 5.82 Å². The molecule has 1 unspecified atom stereocenters. The molecule has 0 saturated heterocycles. The third-order valence-electron chi connectivity index (χ3n) is 3.19. The summed E-state index contributed by atoms with van der Waals surface area (Å²) >= 11 is 11.9. The lowest BCUT2D eigenvalue weighted by Gasteiger charge is -2.27. The quantitative estimate of drug-likeness (QED) is 0.802. The van der Waals surface area contributed by atoms with Gasteiger partial charge in [0.05, 0.1) is 10.6 Å². The topological polar surface area (TPSA) is 26.0 Å². The maximum absolute atomic E-state index is 13.6. The van der Waals surface area contributed by atoms with Crippen molar-refractivity contribution in [2.75, 3.05) is 0 Å². The first-order chi connectivity index (χ1) is 8.82. The standard InChI is InChI=1S/C15H14Cl2FN/c1-9-4-3-5-10(6-9)15(2,19)11-7-14(18)13(17)8-12(11)16/h3-8H,19H2,1-2H3. The minimum absolute atomic E-state index is 0.00575. The Bertz CT molecular complexity index is 624. The molecule has 2 aromatic carbocycles. The van der Waals surface area contributed by atoms with Gasteiger partial charge >= 0.3 is 0 Å². The third kappa shape index (κ3) is 2.76. The summed E-state index contributed by atoms with van der Waals surface area (Å²) in [6, 6.07) is 10.4. The first-order valence-electron chi connectivity index (χ1n) is 5.83. The van der Waals surface area contributed by atoms with Crippen LogP contribution in [-0.2, 0) is 5.54 Å². The number of benzene rings is 2. The largest absolute Gasteiger partial charge is 0.318 e. The molecule has 19 heavy (non-hydrogen) atoms. The van der Waals surface area contributed by atoms with Crippen LogP contribution in [0.1, 0.15) is 23.6 Å². The SMILES string of the molecule is Cc1cccc(C(C)(N)c2cc(F)c(Cl)cc2Cl)c1. The summed E-state index contributed by atoms with van der Waals surface area (Å²) in [7, 11) is 0. The molecule has 100 valence electrons. The summed E-state index contributed by atoms with van der Waals surface area (Å²) in [5, 5.41) is 0.353. The van der Waals surface area contributed by atoms with Crippen LogP contribution in [0.2, 0.25) is 10.0 Å². The second-order valence-electron chi connectivity index (χ2n) is 4.82. The van der Waals surface area contributed by atoms with Gasteiger partial charge in [-0.1, -0.05) is 53.0 Å². The first-order valence-corrected chi connectivity index (χ1v) is 6.59. The van der Waals surface area contributed by atoms with Crippen LogP contribution in [0, 0.1) is 12.7 Å². The van der Waals surface area contributed by atoms with Crippen LogP contribution in [0.15, 0.2) is 36.4 Å². The van der Waals surface area contributed by atoms with Crippen LogP contribution >= 0.6 is 23.2 Å². The molecule has 1 nitrogen and oxygen atoms in total. The Hall–Kier alpha value is -1.09. The van der Waals surface area contributed by atoms with Crippen LogP contribution in [0.4, 0.5) is 4.39 Å². The molecule has 0 aliphatic heterocycles. The van der Waals surface area contributed by atoms with Crippen molar-refractivity contribution in [2.24, 2.45) is 5.73 Å². The van der Waals surface area contributed by atoms with Gasteiger partial charge in [0.15, 0.2) is 0 Å². The van der Waals surface area contributed by atoms with Gasteiger partial charge in [-0.15, -0.1) is 0 Å². The van der Waals surface area contributed by atoms with E-state index in [2.05, 4.69) is 0 Å². The second kappa shape index (κ2) is 5.12. The average molecular weight is 298 g/mol. The van der Waals surface area contributed by atoms with Gasteiger partial charge in [-0.2, -0.15) is 0 Å². The Morgan fingerprint density at radius 2 is 1.79 bits per heavy atom. The molecule has 0 bridgehead atoms. The van der Waals surface area contributed by atoms with Gasteiger partial charge in [-0.3, -0.25) is 0 Å². The third-order valence-corrected chi connectivity index (χ3v) is 3.79. The summed E-state index contributed by atoms with van der Waals surface area (Å²) < 4.78 is 13.6. The highest BCUT2D eigenvalue weighted by Crippen LogP contribution is 2.35. The van der Waals surface area contributed by atoms with Crippen LogP contribution in [0.3, 0.4) is 0 Å². The molecular formula is C15H14Cl2FN. The molecule has 0 amide bonds. The fourth-order valence-electron chi connectivity index (χ4n) is 2.04. The van der Waals surface area contributed by atoms with Crippen molar-refractivity contribution in [3.8, 4) is 0 Å². The van der Waals surface area contributed by atoms with E-state index >= 15 is 0 Å². The van der Waals surface area contributed by atoms with Gasteiger partial charge in [-0.05, 0) is 37.1 Å². The van der Waals surface area contributed by atoms with Crippen molar-refractivity contribution >= 4 is 23.2 Å². The molecule has 0 saturated carbocycles. The maximum atomic E-state index is 13.6. The van der Waals surface area contributed by atoms with Gasteiger partial charge in [-0.25, -0.2) is 4.39 Å². The smallest absolute Gasteiger partial charge is 0.142 e. The van der Waals surface area contributed by atoms with E-state index in [1.54, 1.807) is 6.92 Å². The van der Waals surface area contributed by atoms with Crippen molar-refractivity contribution in [2.45, 2.75) is 19.4 Å². The lowest BCUT2D eigenvalue weighted by molar-refractivity contribution is 0.581. The predicted octanol–water partition coefficient (Wildman–Crippen LogP) is 4.66. The van der Waals surface area contributed by atoms with Crippen molar-refractivity contribution in [3.63, 3.8) is 0 Å². The lowest BCUT2D eigenvalue weighted by atomic mass is 9.85. The van der Waals surface area contributed by atoms with E-state index in [0.717, 1.165) is 11.1 Å². The van der Waals surface area contributed by atoms with Gasteiger partial charge in [0.2, 0.25) is 0 Å². The fourth-order valence-corrected chi connectivity index (χ4v) is 2.62. The van der Waals surface area contributed by atoms with E-state index in [-0.39, 0.29) is 5.02 Å². The van der Waals surface area contributed by atoms with Crippen LogP contribution in [-0.4, -0.2) is 0 Å². The average Bonchev–Trinajstić information content (AvgIpc) is 2.33. The molecule has 1 atom stereocenters. The minimum Gasteiger partial charge on any atom is -0.318 e. The summed E-state index contributed by atoms with van der Waals surface area (Å²) in [6.45, 7) is 3.78. The Morgan fingerprint density at radius 3 is 2.42 bits per heavy atom. The zero-order chi connectivity index (χ0) is 14.2. The lowest BCUT2D eigenvalue weighted by Crippen LogP contribution is -2.34. The summed E-state index contributed by atoms with van der Waals surface area (Å²) in [5.41, 5.74) is 7.94. The molecule has 0 aromatic heterocycles. The van der Waals surface area contributed by atoms with E-state index < -0.39 is 11.4 Å². The Kier molecular flexibility index (Phi) is 3.86. The monoisotopic (exact) mass is 297 g/mol. The zero-order valence-electron chi connectivity index (χ0n) is 10.7. The highest BCUT2D eigenvalue weighted by Gasteiger charge is 2.27. The summed E-state index contributed by atoms with van der Waals surface area (Å²) in [6.07, 6.45) is 0. The van der Waals surface area contributed by atoms with Crippen molar-refractivity contribution in [1.82, 2.24) is 0 Å². The van der Waals surface area contributed by atoms with Crippen LogP contribution in [0.25, 0.3) is 0 Å². The molecule has 2 N–H and O–H groups in total. The predicted molar refractivity (Wildman–Crippen MR) is 78.2 cm³/mol. The number of halogens is 3. The summed E-state index contributed by atoms with van der Waals surface area (Å²) in [4.78, 5) is 0. The van der Waals surface area contributed by atoms with Gasteiger partial charge < -0.3 is 5.73 Å².